The zero-order valence-corrected chi connectivity index (χ0v) is 12.3. The van der Waals surface area contributed by atoms with Crippen LogP contribution in [0.3, 0.4) is 0 Å². The fraction of sp³-hybridized carbons (Fsp3) is 0.375. The van der Waals surface area contributed by atoms with Crippen LogP contribution in [0.4, 0.5) is 0 Å². The van der Waals surface area contributed by atoms with Gasteiger partial charge in [0.05, 0.1) is 0 Å². The first-order valence-corrected chi connectivity index (χ1v) is 6.98. The minimum atomic E-state index is -0.468. The van der Waals surface area contributed by atoms with Gasteiger partial charge in [0.25, 0.3) is 0 Å². The average molecular weight is 290 g/mol. The highest BCUT2D eigenvalue weighted by atomic mass is 16.3. The van der Waals surface area contributed by atoms with Crippen LogP contribution in [0.1, 0.15) is 35.2 Å². The first-order chi connectivity index (χ1) is 10.0. The van der Waals surface area contributed by atoms with Crippen molar-refractivity contribution in [2.45, 2.75) is 19.3 Å². The molecule has 0 bridgehead atoms. The van der Waals surface area contributed by atoms with E-state index in [4.69, 9.17) is 10.8 Å². The van der Waals surface area contributed by atoms with Crippen LogP contribution in [0.15, 0.2) is 30.3 Å². The van der Waals surface area contributed by atoms with Crippen molar-refractivity contribution in [3.63, 3.8) is 0 Å². The topological polar surface area (TPSA) is 83.6 Å². The quantitative estimate of drug-likeness (QED) is 0.561. The van der Waals surface area contributed by atoms with Crippen LogP contribution in [0.2, 0.25) is 0 Å². The van der Waals surface area contributed by atoms with Crippen molar-refractivity contribution < 1.29 is 14.7 Å². The number of likely N-dealkylation sites (N-methyl/N-ethyl adjacent to an activating group) is 1. The summed E-state index contributed by atoms with van der Waals surface area (Å²) in [5.74, 6) is -0.540. The number of rotatable bonds is 8. The van der Waals surface area contributed by atoms with E-state index in [-0.39, 0.29) is 12.5 Å². The van der Waals surface area contributed by atoms with E-state index in [0.717, 1.165) is 24.8 Å². The molecule has 0 aliphatic heterocycles. The molecule has 0 saturated heterocycles. The van der Waals surface area contributed by atoms with Gasteiger partial charge in [0.15, 0.2) is 0 Å². The maximum Gasteiger partial charge on any atom is 0.248 e. The Balaban J connectivity index is 2.47. The van der Waals surface area contributed by atoms with E-state index in [0.29, 0.717) is 12.1 Å². The summed E-state index contributed by atoms with van der Waals surface area (Å²) in [6, 6.07) is 6.74. The minimum Gasteiger partial charge on any atom is -0.396 e. The summed E-state index contributed by atoms with van der Waals surface area (Å²) in [6.07, 6.45) is 5.77. The lowest BCUT2D eigenvalue weighted by Gasteiger charge is -2.14. The molecular formula is C16H22N2O3. The molecule has 0 unspecified atom stereocenters. The molecule has 0 aromatic heterocycles. The molecule has 0 heterocycles. The van der Waals surface area contributed by atoms with Gasteiger partial charge in [0.1, 0.15) is 0 Å². The van der Waals surface area contributed by atoms with Gasteiger partial charge >= 0.3 is 0 Å². The van der Waals surface area contributed by atoms with E-state index in [1.165, 1.54) is 6.08 Å². The molecule has 114 valence electrons. The van der Waals surface area contributed by atoms with Crippen LogP contribution in [-0.2, 0) is 4.79 Å². The Hall–Kier alpha value is -2.14. The van der Waals surface area contributed by atoms with E-state index in [9.17, 15) is 9.59 Å². The summed E-state index contributed by atoms with van der Waals surface area (Å²) in [6.45, 7) is 0.864. The van der Waals surface area contributed by atoms with Crippen molar-refractivity contribution in [2.75, 3.05) is 20.2 Å². The maximum absolute atomic E-state index is 11.9. The zero-order chi connectivity index (χ0) is 15.7. The monoisotopic (exact) mass is 290 g/mol. The van der Waals surface area contributed by atoms with Gasteiger partial charge in [-0.2, -0.15) is 0 Å². The molecule has 0 atom stereocenters. The highest BCUT2D eigenvalue weighted by Crippen LogP contribution is 2.06. The largest absolute Gasteiger partial charge is 0.396 e. The second kappa shape index (κ2) is 8.92. The number of unbranched alkanes of at least 4 members (excludes halogenated alkanes) is 2. The van der Waals surface area contributed by atoms with E-state index in [2.05, 4.69) is 0 Å². The Morgan fingerprint density at radius 2 is 1.86 bits per heavy atom. The Labute approximate surface area is 125 Å². The standard InChI is InChI=1S/C16H22N2O3/c1-18(11-3-2-4-12-19)15(20)10-7-13-5-8-14(9-6-13)16(17)21/h5-10,19H,2-4,11-12H2,1H3,(H2,17,21)/b10-7+. The number of primary amides is 1. The van der Waals surface area contributed by atoms with Crippen molar-refractivity contribution in [1.82, 2.24) is 4.90 Å². The van der Waals surface area contributed by atoms with E-state index >= 15 is 0 Å². The molecule has 0 radical (unpaired) electrons. The lowest BCUT2D eigenvalue weighted by molar-refractivity contribution is -0.124. The van der Waals surface area contributed by atoms with Crippen molar-refractivity contribution in [3.05, 3.63) is 41.5 Å². The van der Waals surface area contributed by atoms with Crippen LogP contribution in [-0.4, -0.2) is 42.0 Å². The van der Waals surface area contributed by atoms with Gasteiger partial charge in [0, 0.05) is 31.8 Å². The van der Waals surface area contributed by atoms with Crippen molar-refractivity contribution in [3.8, 4) is 0 Å². The Bertz CT molecular complexity index is 495. The molecular weight excluding hydrogens is 268 g/mol. The first kappa shape index (κ1) is 16.9. The van der Waals surface area contributed by atoms with E-state index < -0.39 is 5.91 Å². The molecule has 1 aromatic carbocycles. The first-order valence-electron chi connectivity index (χ1n) is 6.98. The van der Waals surface area contributed by atoms with Gasteiger partial charge < -0.3 is 15.7 Å². The van der Waals surface area contributed by atoms with Gasteiger partial charge in [-0.05, 0) is 43.0 Å². The van der Waals surface area contributed by atoms with Gasteiger partial charge in [-0.1, -0.05) is 12.1 Å². The maximum atomic E-state index is 11.9. The Kier molecular flexibility index (Phi) is 7.18. The van der Waals surface area contributed by atoms with E-state index in [1.807, 2.05) is 0 Å². The molecule has 3 N–H and O–H groups in total. The smallest absolute Gasteiger partial charge is 0.248 e. The molecule has 0 aliphatic carbocycles. The van der Waals surface area contributed by atoms with Gasteiger partial charge in [0.2, 0.25) is 11.8 Å². The van der Waals surface area contributed by atoms with Gasteiger partial charge in [-0.15, -0.1) is 0 Å². The fourth-order valence-corrected chi connectivity index (χ4v) is 1.80. The third kappa shape index (κ3) is 6.23. The summed E-state index contributed by atoms with van der Waals surface area (Å²) in [5.41, 5.74) is 6.44. The third-order valence-corrected chi connectivity index (χ3v) is 3.14. The van der Waals surface area contributed by atoms with Crippen LogP contribution in [0.5, 0.6) is 0 Å². The summed E-state index contributed by atoms with van der Waals surface area (Å²) >= 11 is 0. The summed E-state index contributed by atoms with van der Waals surface area (Å²) in [5, 5.41) is 8.68. The number of hydrogen-bond acceptors (Lipinski definition) is 3. The van der Waals surface area contributed by atoms with Crippen LogP contribution >= 0.6 is 0 Å². The average Bonchev–Trinajstić information content (AvgIpc) is 2.49. The molecule has 1 aromatic rings. The minimum absolute atomic E-state index is 0.0713. The molecule has 0 aliphatic rings. The number of carbonyl (C=O) groups excluding carboxylic acids is 2. The number of aliphatic hydroxyl groups excluding tert-OH is 1. The summed E-state index contributed by atoms with van der Waals surface area (Å²) < 4.78 is 0. The molecule has 1 rings (SSSR count). The van der Waals surface area contributed by atoms with Crippen molar-refractivity contribution >= 4 is 17.9 Å². The molecule has 0 saturated carbocycles. The second-order valence-corrected chi connectivity index (χ2v) is 4.86. The molecule has 0 spiro atoms. The van der Waals surface area contributed by atoms with Crippen LogP contribution < -0.4 is 5.73 Å². The Morgan fingerprint density at radius 3 is 2.43 bits per heavy atom. The number of carbonyl (C=O) groups is 2. The van der Waals surface area contributed by atoms with E-state index in [1.54, 1.807) is 42.3 Å². The normalized spacial score (nSPS) is 10.8. The van der Waals surface area contributed by atoms with Gasteiger partial charge in [-0.25, -0.2) is 0 Å². The van der Waals surface area contributed by atoms with Gasteiger partial charge in [-0.3, -0.25) is 9.59 Å². The molecule has 5 nitrogen and oxygen atoms in total. The highest BCUT2D eigenvalue weighted by Gasteiger charge is 2.04. The number of benzene rings is 1. The SMILES string of the molecule is CN(CCCCCO)C(=O)/C=C/c1ccc(C(N)=O)cc1. The predicted octanol–water partition coefficient (Wildman–Crippen LogP) is 1.42. The number of hydrogen-bond donors (Lipinski definition) is 2. The van der Waals surface area contributed by atoms with Crippen LogP contribution in [0.25, 0.3) is 6.08 Å². The number of amides is 2. The molecule has 21 heavy (non-hydrogen) atoms. The predicted molar refractivity (Wildman–Crippen MR) is 82.6 cm³/mol. The molecule has 0 fully saturated rings. The number of nitrogens with zero attached hydrogens (tertiary/aromatic N) is 1. The Morgan fingerprint density at radius 1 is 1.19 bits per heavy atom. The third-order valence-electron chi connectivity index (χ3n) is 3.14. The zero-order valence-electron chi connectivity index (χ0n) is 12.3. The van der Waals surface area contributed by atoms with Crippen LogP contribution in [0, 0.1) is 0 Å². The summed E-state index contributed by atoms with van der Waals surface area (Å²) in [4.78, 5) is 24.5. The number of nitrogens with two attached hydrogens (primary N) is 1. The highest BCUT2D eigenvalue weighted by molar-refractivity contribution is 5.93. The number of aliphatic hydroxyl groups is 1. The summed E-state index contributed by atoms with van der Waals surface area (Å²) in [7, 11) is 1.75. The molecule has 2 amide bonds. The van der Waals surface area contributed by atoms with Crippen molar-refractivity contribution in [1.29, 1.82) is 0 Å². The molecule has 5 heteroatoms. The lowest BCUT2D eigenvalue weighted by Crippen LogP contribution is -2.25. The second-order valence-electron chi connectivity index (χ2n) is 4.86. The van der Waals surface area contributed by atoms with Crippen molar-refractivity contribution in [2.24, 2.45) is 5.73 Å². The lowest BCUT2D eigenvalue weighted by atomic mass is 10.1. The fourth-order valence-electron chi connectivity index (χ4n) is 1.80.